The molecule has 12 heteroatoms. The molecule has 0 amide bonds. The van der Waals surface area contributed by atoms with Crippen molar-refractivity contribution in [2.45, 2.75) is 19.6 Å². The Hall–Kier alpha value is -2.08. The van der Waals surface area contributed by atoms with Gasteiger partial charge in [-0.25, -0.2) is 9.37 Å². The van der Waals surface area contributed by atoms with Gasteiger partial charge in [0.15, 0.2) is 6.17 Å². The van der Waals surface area contributed by atoms with Crippen LogP contribution < -0.4 is 4.31 Å². The molecule has 3 rings (SSSR count). The van der Waals surface area contributed by atoms with Gasteiger partial charge in [-0.15, -0.1) is 21.5 Å². The minimum absolute atomic E-state index is 0.0218. The van der Waals surface area contributed by atoms with Crippen molar-refractivity contribution >= 4 is 38.8 Å². The summed E-state index contributed by atoms with van der Waals surface area (Å²) < 4.78 is 46.5. The second-order valence-corrected chi connectivity index (χ2v) is 9.57. The summed E-state index contributed by atoms with van der Waals surface area (Å²) in [7, 11) is -0.910. The highest BCUT2D eigenvalue weighted by atomic mass is 35.5. The number of alkyl halides is 1. The third kappa shape index (κ3) is 4.32. The molecule has 0 saturated heterocycles. The minimum atomic E-state index is -3.80. The lowest BCUT2D eigenvalue weighted by atomic mass is 10.3. The van der Waals surface area contributed by atoms with Crippen LogP contribution in [0.15, 0.2) is 34.9 Å². The molecule has 1 atom stereocenters. The predicted octanol–water partition coefficient (Wildman–Crippen LogP) is 3.69. The van der Waals surface area contributed by atoms with E-state index in [2.05, 4.69) is 15.2 Å². The third-order valence-corrected chi connectivity index (χ3v) is 6.69. The van der Waals surface area contributed by atoms with Crippen molar-refractivity contribution in [2.24, 2.45) is 0 Å². The normalized spacial score (nSPS) is 13.1. The van der Waals surface area contributed by atoms with Gasteiger partial charge in [-0.05, 0) is 25.1 Å². The molecular formula is C16H17ClFN5O3S2. The summed E-state index contributed by atoms with van der Waals surface area (Å²) in [6.07, 6.45) is 0.107. The standard InChI is InChI=1S/C16H17ClFN5O3S2/c1-10(18)15-20-21-16(26-15)13-8-19-14(27-13)9-23(28(24,25)22(2)3)12-6-4-5-11(17)7-12/h4-8,10H,9H2,1-3H3. The van der Waals surface area contributed by atoms with Gasteiger partial charge in [-0.2, -0.15) is 12.7 Å². The molecule has 1 aromatic carbocycles. The molecule has 0 spiro atoms. The molecule has 0 aliphatic rings. The Morgan fingerprint density at radius 1 is 1.32 bits per heavy atom. The minimum Gasteiger partial charge on any atom is -0.417 e. The SMILES string of the molecule is CC(F)c1nnc(-c2cnc(CN(c3cccc(Cl)c3)S(=O)(=O)N(C)C)s2)o1. The molecule has 0 fully saturated rings. The summed E-state index contributed by atoms with van der Waals surface area (Å²) in [5.41, 5.74) is 0.407. The molecule has 8 nitrogen and oxygen atoms in total. The van der Waals surface area contributed by atoms with Gasteiger partial charge in [0.1, 0.15) is 9.88 Å². The molecule has 28 heavy (non-hydrogen) atoms. The lowest BCUT2D eigenvalue weighted by Crippen LogP contribution is -2.39. The molecule has 0 saturated carbocycles. The van der Waals surface area contributed by atoms with Crippen LogP contribution in [0.4, 0.5) is 10.1 Å². The van der Waals surface area contributed by atoms with Gasteiger partial charge in [0.05, 0.1) is 18.4 Å². The largest absolute Gasteiger partial charge is 0.417 e. The van der Waals surface area contributed by atoms with E-state index in [1.165, 1.54) is 42.9 Å². The van der Waals surface area contributed by atoms with Gasteiger partial charge in [0.2, 0.25) is 0 Å². The maximum atomic E-state index is 13.3. The molecule has 3 aromatic rings. The van der Waals surface area contributed by atoms with Crippen LogP contribution in [0.5, 0.6) is 0 Å². The second kappa shape index (κ2) is 8.11. The van der Waals surface area contributed by atoms with Crippen LogP contribution in [0.3, 0.4) is 0 Å². The van der Waals surface area contributed by atoms with Crippen LogP contribution in [-0.4, -0.2) is 42.0 Å². The quantitative estimate of drug-likeness (QED) is 0.550. The van der Waals surface area contributed by atoms with Crippen LogP contribution in [-0.2, 0) is 16.8 Å². The predicted molar refractivity (Wildman–Crippen MR) is 105 cm³/mol. The van der Waals surface area contributed by atoms with Gasteiger partial charge in [-0.3, -0.25) is 4.31 Å². The Morgan fingerprint density at radius 2 is 2.07 bits per heavy atom. The topological polar surface area (TPSA) is 92.4 Å². The first-order chi connectivity index (χ1) is 13.2. The van der Waals surface area contributed by atoms with Crippen molar-refractivity contribution in [1.29, 1.82) is 0 Å². The van der Waals surface area contributed by atoms with Gasteiger partial charge < -0.3 is 4.42 Å². The average molecular weight is 446 g/mol. The summed E-state index contributed by atoms with van der Waals surface area (Å²) in [5.74, 6) is 0.00807. The van der Waals surface area contributed by atoms with E-state index in [9.17, 15) is 12.8 Å². The molecule has 2 heterocycles. The van der Waals surface area contributed by atoms with Crippen LogP contribution in [0, 0.1) is 0 Å². The number of anilines is 1. The summed E-state index contributed by atoms with van der Waals surface area (Å²) in [4.78, 5) is 4.76. The van der Waals surface area contributed by atoms with E-state index in [0.29, 0.717) is 20.6 Å². The third-order valence-electron chi connectivity index (χ3n) is 3.66. The van der Waals surface area contributed by atoms with Gasteiger partial charge in [0, 0.05) is 19.1 Å². The van der Waals surface area contributed by atoms with Gasteiger partial charge in [0.25, 0.3) is 11.8 Å². The zero-order valence-corrected chi connectivity index (χ0v) is 17.6. The van der Waals surface area contributed by atoms with E-state index in [1.807, 2.05) is 0 Å². The first-order valence-corrected chi connectivity index (χ1v) is 10.7. The van der Waals surface area contributed by atoms with E-state index >= 15 is 0 Å². The van der Waals surface area contributed by atoms with E-state index in [1.54, 1.807) is 24.3 Å². The number of nitrogens with zero attached hydrogens (tertiary/aromatic N) is 5. The summed E-state index contributed by atoms with van der Waals surface area (Å²) in [6.45, 7) is 1.27. The number of hydrogen-bond donors (Lipinski definition) is 0. The van der Waals surface area contributed by atoms with E-state index < -0.39 is 16.4 Å². The summed E-state index contributed by atoms with van der Waals surface area (Å²) in [6, 6.07) is 6.53. The fraction of sp³-hybridized carbons (Fsp3) is 0.312. The van der Waals surface area contributed by atoms with E-state index in [4.69, 9.17) is 16.0 Å². The summed E-state index contributed by atoms with van der Waals surface area (Å²) in [5, 5.41) is 8.35. The van der Waals surface area contributed by atoms with Crippen molar-refractivity contribution < 1.29 is 17.2 Å². The maximum absolute atomic E-state index is 13.3. The number of thiazole rings is 1. The molecule has 0 aliphatic heterocycles. The molecule has 0 radical (unpaired) electrons. The second-order valence-electron chi connectivity index (χ2n) is 5.96. The van der Waals surface area contributed by atoms with Gasteiger partial charge in [-0.1, -0.05) is 17.7 Å². The van der Waals surface area contributed by atoms with Crippen molar-refractivity contribution in [3.63, 3.8) is 0 Å². The molecule has 150 valence electrons. The lowest BCUT2D eigenvalue weighted by molar-refractivity contribution is 0.301. The van der Waals surface area contributed by atoms with Crippen molar-refractivity contribution in [3.05, 3.63) is 46.4 Å². The monoisotopic (exact) mass is 445 g/mol. The molecule has 1 unspecified atom stereocenters. The fourth-order valence-electron chi connectivity index (χ4n) is 2.23. The molecular weight excluding hydrogens is 429 g/mol. The highest BCUT2D eigenvalue weighted by Gasteiger charge is 2.27. The highest BCUT2D eigenvalue weighted by molar-refractivity contribution is 7.90. The Morgan fingerprint density at radius 3 is 2.68 bits per heavy atom. The molecule has 0 N–H and O–H groups in total. The van der Waals surface area contributed by atoms with Crippen LogP contribution in [0.25, 0.3) is 10.8 Å². The zero-order chi connectivity index (χ0) is 20.5. The number of halogens is 2. The Labute approximate surface area is 170 Å². The zero-order valence-electron chi connectivity index (χ0n) is 15.2. The number of rotatable bonds is 7. The van der Waals surface area contributed by atoms with Gasteiger partial charge >= 0.3 is 10.2 Å². The maximum Gasteiger partial charge on any atom is 0.303 e. The van der Waals surface area contributed by atoms with Crippen LogP contribution >= 0.6 is 22.9 Å². The van der Waals surface area contributed by atoms with Crippen molar-refractivity contribution in [3.8, 4) is 10.8 Å². The Kier molecular flexibility index (Phi) is 5.98. The number of hydrogen-bond acceptors (Lipinski definition) is 7. The first-order valence-electron chi connectivity index (χ1n) is 8.07. The van der Waals surface area contributed by atoms with Crippen molar-refractivity contribution in [2.75, 3.05) is 18.4 Å². The number of benzene rings is 1. The lowest BCUT2D eigenvalue weighted by Gasteiger charge is -2.26. The molecule has 2 aromatic heterocycles. The molecule has 0 aliphatic carbocycles. The molecule has 0 bridgehead atoms. The smallest absolute Gasteiger partial charge is 0.303 e. The summed E-state index contributed by atoms with van der Waals surface area (Å²) >= 11 is 7.21. The Bertz CT molecular complexity index is 1070. The fourth-order valence-corrected chi connectivity index (χ4v) is 4.39. The first kappa shape index (κ1) is 20.6. The van der Waals surface area contributed by atoms with Crippen molar-refractivity contribution in [1.82, 2.24) is 19.5 Å². The Balaban J connectivity index is 1.92. The number of aromatic nitrogens is 3. The van der Waals surface area contributed by atoms with Crippen LogP contribution in [0.1, 0.15) is 24.0 Å². The van der Waals surface area contributed by atoms with Crippen LogP contribution in [0.2, 0.25) is 5.02 Å². The van der Waals surface area contributed by atoms with E-state index in [0.717, 1.165) is 4.31 Å². The highest BCUT2D eigenvalue weighted by Crippen LogP contribution is 2.30. The van der Waals surface area contributed by atoms with E-state index in [-0.39, 0.29) is 18.3 Å². The average Bonchev–Trinajstić information content (AvgIpc) is 3.28.